The van der Waals surface area contributed by atoms with Crippen molar-refractivity contribution in [1.82, 2.24) is 9.97 Å². The van der Waals surface area contributed by atoms with Crippen molar-refractivity contribution in [3.05, 3.63) is 10.7 Å². The van der Waals surface area contributed by atoms with Gasteiger partial charge in [0.15, 0.2) is 0 Å². The minimum atomic E-state index is 0.0978. The van der Waals surface area contributed by atoms with Gasteiger partial charge in [0.05, 0.1) is 23.9 Å². The first kappa shape index (κ1) is 11.6. The molecule has 88 valence electrons. The minimum Gasteiger partial charge on any atom is -0.471 e. The standard InChI is InChI=1S/C10H14BrN3O2/c1-2-12-10-13-5-8(11)9(14-10)16-7-3-4-15-6-7/h5,7H,2-4,6H2,1H3,(H,12,13,14). The summed E-state index contributed by atoms with van der Waals surface area (Å²) in [6.07, 6.45) is 2.70. The Labute approximate surface area is 103 Å². The number of nitrogens with zero attached hydrogens (tertiary/aromatic N) is 2. The van der Waals surface area contributed by atoms with Gasteiger partial charge in [-0.1, -0.05) is 0 Å². The highest BCUT2D eigenvalue weighted by molar-refractivity contribution is 9.10. The Balaban J connectivity index is 2.08. The number of halogens is 1. The third kappa shape index (κ3) is 2.82. The highest BCUT2D eigenvalue weighted by Crippen LogP contribution is 2.25. The molecule has 16 heavy (non-hydrogen) atoms. The molecule has 2 heterocycles. The molecule has 1 fully saturated rings. The van der Waals surface area contributed by atoms with Crippen LogP contribution in [0.1, 0.15) is 13.3 Å². The van der Waals surface area contributed by atoms with Crippen LogP contribution >= 0.6 is 15.9 Å². The van der Waals surface area contributed by atoms with Gasteiger partial charge in [0, 0.05) is 13.0 Å². The molecular formula is C10H14BrN3O2. The lowest BCUT2D eigenvalue weighted by molar-refractivity contribution is 0.137. The molecule has 2 rings (SSSR count). The van der Waals surface area contributed by atoms with Crippen molar-refractivity contribution in [1.29, 1.82) is 0 Å². The van der Waals surface area contributed by atoms with Crippen molar-refractivity contribution in [3.63, 3.8) is 0 Å². The fourth-order valence-electron chi connectivity index (χ4n) is 1.44. The second kappa shape index (κ2) is 5.45. The molecule has 1 saturated heterocycles. The number of nitrogens with one attached hydrogen (secondary N) is 1. The molecule has 0 radical (unpaired) electrons. The molecule has 0 saturated carbocycles. The van der Waals surface area contributed by atoms with Gasteiger partial charge in [0.2, 0.25) is 11.8 Å². The monoisotopic (exact) mass is 287 g/mol. The maximum Gasteiger partial charge on any atom is 0.233 e. The summed E-state index contributed by atoms with van der Waals surface area (Å²) < 4.78 is 11.7. The van der Waals surface area contributed by atoms with Crippen LogP contribution in [0.3, 0.4) is 0 Å². The second-order valence-electron chi connectivity index (χ2n) is 3.48. The van der Waals surface area contributed by atoms with E-state index in [0.29, 0.717) is 18.4 Å². The maximum absolute atomic E-state index is 5.73. The molecule has 1 unspecified atom stereocenters. The van der Waals surface area contributed by atoms with Crippen LogP contribution in [0.5, 0.6) is 5.88 Å². The van der Waals surface area contributed by atoms with E-state index in [1.54, 1.807) is 6.20 Å². The quantitative estimate of drug-likeness (QED) is 0.916. The summed E-state index contributed by atoms with van der Waals surface area (Å²) in [5.41, 5.74) is 0. The van der Waals surface area contributed by atoms with Gasteiger partial charge in [0.1, 0.15) is 6.10 Å². The zero-order valence-corrected chi connectivity index (χ0v) is 10.7. The topological polar surface area (TPSA) is 56.3 Å². The van der Waals surface area contributed by atoms with Gasteiger partial charge in [-0.3, -0.25) is 0 Å². The van der Waals surface area contributed by atoms with Crippen LogP contribution in [0.2, 0.25) is 0 Å². The van der Waals surface area contributed by atoms with Gasteiger partial charge in [-0.25, -0.2) is 4.98 Å². The Kier molecular flexibility index (Phi) is 3.95. The molecule has 0 bridgehead atoms. The molecule has 1 aliphatic rings. The van der Waals surface area contributed by atoms with Crippen LogP contribution in [0.15, 0.2) is 10.7 Å². The summed E-state index contributed by atoms with van der Waals surface area (Å²) in [5, 5.41) is 3.05. The van der Waals surface area contributed by atoms with Crippen LogP contribution in [-0.4, -0.2) is 35.8 Å². The molecule has 1 aromatic heterocycles. The van der Waals surface area contributed by atoms with Crippen molar-refractivity contribution in [2.75, 3.05) is 25.1 Å². The van der Waals surface area contributed by atoms with Crippen LogP contribution in [-0.2, 0) is 4.74 Å². The molecular weight excluding hydrogens is 274 g/mol. The van der Waals surface area contributed by atoms with E-state index < -0.39 is 0 Å². The van der Waals surface area contributed by atoms with Gasteiger partial charge >= 0.3 is 0 Å². The van der Waals surface area contributed by atoms with E-state index in [1.165, 1.54) is 0 Å². The lowest BCUT2D eigenvalue weighted by Gasteiger charge is -2.12. The first-order valence-corrected chi connectivity index (χ1v) is 6.09. The summed E-state index contributed by atoms with van der Waals surface area (Å²) in [6, 6.07) is 0. The normalized spacial score (nSPS) is 19.8. The largest absolute Gasteiger partial charge is 0.471 e. The van der Waals surface area contributed by atoms with Crippen LogP contribution in [0.25, 0.3) is 0 Å². The van der Waals surface area contributed by atoms with Crippen molar-refractivity contribution >= 4 is 21.9 Å². The minimum absolute atomic E-state index is 0.0978. The Bertz CT molecular complexity index is 356. The van der Waals surface area contributed by atoms with E-state index in [2.05, 4.69) is 31.2 Å². The van der Waals surface area contributed by atoms with E-state index in [-0.39, 0.29) is 6.10 Å². The molecule has 1 aliphatic heterocycles. The molecule has 0 amide bonds. The molecule has 6 heteroatoms. The number of hydrogen-bond acceptors (Lipinski definition) is 5. The zero-order valence-electron chi connectivity index (χ0n) is 9.07. The van der Waals surface area contributed by atoms with E-state index >= 15 is 0 Å². The Morgan fingerprint density at radius 2 is 2.56 bits per heavy atom. The number of anilines is 1. The SMILES string of the molecule is CCNc1ncc(Br)c(OC2CCOC2)n1. The predicted molar refractivity (Wildman–Crippen MR) is 63.7 cm³/mol. The van der Waals surface area contributed by atoms with Gasteiger partial charge in [-0.2, -0.15) is 4.98 Å². The molecule has 0 aromatic carbocycles. The maximum atomic E-state index is 5.73. The Morgan fingerprint density at radius 3 is 3.25 bits per heavy atom. The highest BCUT2D eigenvalue weighted by atomic mass is 79.9. The van der Waals surface area contributed by atoms with Gasteiger partial charge in [-0.15, -0.1) is 0 Å². The van der Waals surface area contributed by atoms with Crippen LogP contribution in [0, 0.1) is 0 Å². The van der Waals surface area contributed by atoms with Crippen molar-refractivity contribution in [3.8, 4) is 5.88 Å². The summed E-state index contributed by atoms with van der Waals surface area (Å²) in [4.78, 5) is 8.40. The van der Waals surface area contributed by atoms with Gasteiger partial charge in [0.25, 0.3) is 0 Å². The zero-order chi connectivity index (χ0) is 11.4. The summed E-state index contributed by atoms with van der Waals surface area (Å²) >= 11 is 3.37. The van der Waals surface area contributed by atoms with Crippen LogP contribution in [0.4, 0.5) is 5.95 Å². The molecule has 1 atom stereocenters. The van der Waals surface area contributed by atoms with E-state index in [4.69, 9.17) is 9.47 Å². The Morgan fingerprint density at radius 1 is 1.69 bits per heavy atom. The summed E-state index contributed by atoms with van der Waals surface area (Å²) in [7, 11) is 0. The van der Waals surface area contributed by atoms with Crippen LogP contribution < -0.4 is 10.1 Å². The fraction of sp³-hybridized carbons (Fsp3) is 0.600. The number of hydrogen-bond donors (Lipinski definition) is 1. The smallest absolute Gasteiger partial charge is 0.233 e. The first-order chi connectivity index (χ1) is 7.79. The van der Waals surface area contributed by atoms with E-state index in [1.807, 2.05) is 6.92 Å². The predicted octanol–water partition coefficient (Wildman–Crippen LogP) is 1.84. The number of ether oxygens (including phenoxy) is 2. The summed E-state index contributed by atoms with van der Waals surface area (Å²) in [5.74, 6) is 1.15. The molecule has 1 aromatic rings. The van der Waals surface area contributed by atoms with Crippen molar-refractivity contribution < 1.29 is 9.47 Å². The average Bonchev–Trinajstić information content (AvgIpc) is 2.76. The third-order valence-electron chi connectivity index (χ3n) is 2.21. The van der Waals surface area contributed by atoms with Gasteiger partial charge in [-0.05, 0) is 22.9 Å². The number of rotatable bonds is 4. The van der Waals surface area contributed by atoms with Gasteiger partial charge < -0.3 is 14.8 Å². The second-order valence-corrected chi connectivity index (χ2v) is 4.33. The Hall–Kier alpha value is -0.880. The third-order valence-corrected chi connectivity index (χ3v) is 2.76. The fourth-order valence-corrected chi connectivity index (χ4v) is 1.73. The lowest BCUT2D eigenvalue weighted by atomic mass is 10.3. The molecule has 0 spiro atoms. The summed E-state index contributed by atoms with van der Waals surface area (Å²) in [6.45, 7) is 4.17. The van der Waals surface area contributed by atoms with Crippen molar-refractivity contribution in [2.45, 2.75) is 19.4 Å². The highest BCUT2D eigenvalue weighted by Gasteiger charge is 2.19. The lowest BCUT2D eigenvalue weighted by Crippen LogP contribution is -2.17. The van der Waals surface area contributed by atoms with E-state index in [9.17, 15) is 0 Å². The first-order valence-electron chi connectivity index (χ1n) is 5.30. The molecule has 0 aliphatic carbocycles. The molecule has 5 nitrogen and oxygen atoms in total. The number of aromatic nitrogens is 2. The average molecular weight is 288 g/mol. The van der Waals surface area contributed by atoms with E-state index in [0.717, 1.165) is 24.0 Å². The van der Waals surface area contributed by atoms with Crippen molar-refractivity contribution in [2.24, 2.45) is 0 Å². The molecule has 1 N–H and O–H groups in total.